The number of hydrogen-bond acceptors (Lipinski definition) is 7. The molecular formula is C25H40N2O5. The molecule has 32 heavy (non-hydrogen) atoms. The van der Waals surface area contributed by atoms with E-state index in [0.717, 1.165) is 99.5 Å². The molecule has 8 fully saturated rings. The van der Waals surface area contributed by atoms with Crippen LogP contribution in [0.1, 0.15) is 19.3 Å². The molecule has 0 radical (unpaired) electrons. The first-order valence-corrected chi connectivity index (χ1v) is 13.3. The summed E-state index contributed by atoms with van der Waals surface area (Å²) in [7, 11) is 0. The summed E-state index contributed by atoms with van der Waals surface area (Å²) in [6, 6.07) is 0. The molecule has 0 aromatic carbocycles. The highest BCUT2D eigenvalue weighted by Crippen LogP contribution is 2.93. The van der Waals surface area contributed by atoms with Crippen molar-refractivity contribution in [1.29, 1.82) is 0 Å². The molecule has 180 valence electrons. The van der Waals surface area contributed by atoms with Crippen LogP contribution in [0.5, 0.6) is 0 Å². The fourth-order valence-electron chi connectivity index (χ4n) is 10.6. The predicted octanol–water partition coefficient (Wildman–Crippen LogP) is 0.298. The van der Waals surface area contributed by atoms with Gasteiger partial charge in [-0.05, 0) is 66.6 Å². The maximum Gasteiger partial charge on any atom is 0.0771 e. The van der Waals surface area contributed by atoms with Crippen LogP contribution in [-0.4, -0.2) is 110 Å². The number of aliphatic hydroxyl groups excluding tert-OH is 2. The molecule has 4 bridgehead atoms. The summed E-state index contributed by atoms with van der Waals surface area (Å²) in [4.78, 5) is 4.77. The molecule has 8 rings (SSSR count). The van der Waals surface area contributed by atoms with Crippen LogP contribution in [0.15, 0.2) is 0 Å². The van der Waals surface area contributed by atoms with Crippen LogP contribution >= 0.6 is 0 Å². The second kappa shape index (κ2) is 7.61. The van der Waals surface area contributed by atoms with Gasteiger partial charge in [0.1, 0.15) is 0 Å². The molecule has 8 aliphatic rings. The quantitative estimate of drug-likeness (QED) is 0.641. The van der Waals surface area contributed by atoms with Crippen molar-refractivity contribution in [1.82, 2.24) is 9.80 Å². The molecule has 0 amide bonds. The van der Waals surface area contributed by atoms with Crippen LogP contribution in [0.3, 0.4) is 0 Å². The third-order valence-corrected chi connectivity index (χ3v) is 11.1. The molecule has 0 aromatic heterocycles. The van der Waals surface area contributed by atoms with Crippen molar-refractivity contribution in [3.05, 3.63) is 0 Å². The third-order valence-electron chi connectivity index (χ3n) is 11.1. The van der Waals surface area contributed by atoms with Crippen molar-refractivity contribution < 1.29 is 24.4 Å². The molecule has 0 aromatic rings. The van der Waals surface area contributed by atoms with Crippen molar-refractivity contribution in [3.63, 3.8) is 0 Å². The number of β-amino-alcohol motifs (C(OH)–C–C–N with tert-alkyl or cyclic N) is 2. The Balaban J connectivity index is 1.16. The van der Waals surface area contributed by atoms with E-state index in [9.17, 15) is 10.2 Å². The standard InChI is InChI=1S/C25H40N2O5/c28-9-5-26-3-1-24-20-16-15-17-19-18(16)22(24)23(19)25(32-24,21(17)20)2-4-27(6-10-29)8-12-31-14-13-30-11-7-26/h16-23,28-29H,1-15H2. The highest BCUT2D eigenvalue weighted by atomic mass is 16.5. The average Bonchev–Trinajstić information content (AvgIpc) is 3.44. The lowest BCUT2D eigenvalue weighted by Gasteiger charge is -2.48. The largest absolute Gasteiger partial charge is 0.395 e. The van der Waals surface area contributed by atoms with Crippen LogP contribution in [0, 0.1) is 47.3 Å². The van der Waals surface area contributed by atoms with E-state index in [1.807, 2.05) is 0 Å². The second-order valence-electron chi connectivity index (χ2n) is 11.7. The first-order valence-electron chi connectivity index (χ1n) is 13.3. The molecule has 10 atom stereocenters. The van der Waals surface area contributed by atoms with Crippen molar-refractivity contribution in [2.24, 2.45) is 47.3 Å². The van der Waals surface area contributed by atoms with Gasteiger partial charge in [-0.1, -0.05) is 0 Å². The van der Waals surface area contributed by atoms with Crippen LogP contribution in [0.25, 0.3) is 0 Å². The van der Waals surface area contributed by atoms with Gasteiger partial charge in [0.05, 0.1) is 50.8 Å². The molecule has 10 unspecified atom stereocenters. The summed E-state index contributed by atoms with van der Waals surface area (Å²) in [6.07, 6.45) is 3.74. The number of hydrogen-bond donors (Lipinski definition) is 2. The Morgan fingerprint density at radius 3 is 1.62 bits per heavy atom. The summed E-state index contributed by atoms with van der Waals surface area (Å²) in [6.45, 7) is 8.20. The predicted molar refractivity (Wildman–Crippen MR) is 117 cm³/mol. The zero-order valence-electron chi connectivity index (χ0n) is 19.2. The molecule has 7 heteroatoms. The Morgan fingerprint density at radius 1 is 0.656 bits per heavy atom. The molecule has 3 heterocycles. The SMILES string of the molecule is OCCN1CCOCCOCCN(CCO)CCC23OC4(CC1)C1C5CC(C6C5C4C62)C13. The van der Waals surface area contributed by atoms with Gasteiger partial charge in [0, 0.05) is 39.3 Å². The van der Waals surface area contributed by atoms with Gasteiger partial charge in [-0.2, -0.15) is 0 Å². The van der Waals surface area contributed by atoms with Crippen molar-refractivity contribution >= 4 is 0 Å². The Bertz CT molecular complexity index is 677. The first-order chi connectivity index (χ1) is 15.7. The lowest BCUT2D eigenvalue weighted by atomic mass is 9.54. The van der Waals surface area contributed by atoms with E-state index in [-0.39, 0.29) is 24.4 Å². The monoisotopic (exact) mass is 448 g/mol. The highest BCUT2D eigenvalue weighted by Gasteiger charge is 2.96. The van der Waals surface area contributed by atoms with Crippen LogP contribution in [-0.2, 0) is 14.2 Å². The van der Waals surface area contributed by atoms with Crippen molar-refractivity contribution in [2.75, 3.05) is 78.9 Å². The molecule has 7 nitrogen and oxygen atoms in total. The van der Waals surface area contributed by atoms with Gasteiger partial charge in [0.15, 0.2) is 0 Å². The van der Waals surface area contributed by atoms with E-state index in [1.54, 1.807) is 0 Å². The summed E-state index contributed by atoms with van der Waals surface area (Å²) in [5, 5.41) is 19.2. The lowest BCUT2D eigenvalue weighted by molar-refractivity contribution is -0.0860. The van der Waals surface area contributed by atoms with Crippen molar-refractivity contribution in [3.8, 4) is 0 Å². The van der Waals surface area contributed by atoms with E-state index >= 15 is 0 Å². The topological polar surface area (TPSA) is 74.6 Å². The zero-order chi connectivity index (χ0) is 21.5. The summed E-state index contributed by atoms with van der Waals surface area (Å²) in [5.41, 5.74) is 0.222. The maximum absolute atomic E-state index is 9.62. The molecule has 2 spiro atoms. The number of aliphatic hydroxyl groups is 2. The Labute approximate surface area is 191 Å². The Morgan fingerprint density at radius 2 is 1.16 bits per heavy atom. The number of rotatable bonds is 4. The molecule has 5 saturated carbocycles. The van der Waals surface area contributed by atoms with E-state index in [1.165, 1.54) is 6.42 Å². The molecular weight excluding hydrogens is 408 g/mol. The summed E-state index contributed by atoms with van der Waals surface area (Å²) in [5.74, 6) is 6.96. The normalized spacial score (nSPS) is 54.6. The zero-order valence-corrected chi connectivity index (χ0v) is 19.2. The van der Waals surface area contributed by atoms with Gasteiger partial charge >= 0.3 is 0 Å². The van der Waals surface area contributed by atoms with Gasteiger partial charge in [0.2, 0.25) is 0 Å². The average molecular weight is 449 g/mol. The number of nitrogens with zero attached hydrogens (tertiary/aromatic N) is 2. The molecule has 2 N–H and O–H groups in total. The molecule has 3 aliphatic heterocycles. The Hall–Kier alpha value is -0.280. The lowest BCUT2D eigenvalue weighted by Crippen LogP contribution is -2.53. The van der Waals surface area contributed by atoms with Crippen LogP contribution < -0.4 is 0 Å². The van der Waals surface area contributed by atoms with Gasteiger partial charge < -0.3 is 24.4 Å². The van der Waals surface area contributed by atoms with E-state index < -0.39 is 0 Å². The Kier molecular flexibility index (Phi) is 5.00. The minimum absolute atomic E-state index is 0.111. The molecule has 5 aliphatic carbocycles. The highest BCUT2D eigenvalue weighted by molar-refractivity contribution is 5.43. The van der Waals surface area contributed by atoms with Gasteiger partial charge in [-0.3, -0.25) is 9.80 Å². The smallest absolute Gasteiger partial charge is 0.0771 e. The van der Waals surface area contributed by atoms with Crippen LogP contribution in [0.4, 0.5) is 0 Å². The maximum atomic E-state index is 9.62. The minimum atomic E-state index is 0.111. The fraction of sp³-hybridized carbons (Fsp3) is 1.00. The van der Waals surface area contributed by atoms with Crippen LogP contribution in [0.2, 0.25) is 0 Å². The van der Waals surface area contributed by atoms with E-state index in [2.05, 4.69) is 9.80 Å². The minimum Gasteiger partial charge on any atom is -0.395 e. The first kappa shape index (κ1) is 21.0. The van der Waals surface area contributed by atoms with Gasteiger partial charge in [-0.25, -0.2) is 0 Å². The van der Waals surface area contributed by atoms with Gasteiger partial charge in [0.25, 0.3) is 0 Å². The number of ether oxygens (including phenoxy) is 3. The molecule has 3 saturated heterocycles. The van der Waals surface area contributed by atoms with Gasteiger partial charge in [-0.15, -0.1) is 0 Å². The summed E-state index contributed by atoms with van der Waals surface area (Å²) >= 11 is 0. The second-order valence-corrected chi connectivity index (χ2v) is 11.7. The van der Waals surface area contributed by atoms with Crippen molar-refractivity contribution in [2.45, 2.75) is 30.5 Å². The third kappa shape index (κ3) is 2.52. The summed E-state index contributed by atoms with van der Waals surface area (Å²) < 4.78 is 19.0. The van der Waals surface area contributed by atoms with E-state index in [4.69, 9.17) is 14.2 Å². The van der Waals surface area contributed by atoms with E-state index in [0.29, 0.717) is 26.4 Å². The fourth-order valence-corrected chi connectivity index (χ4v) is 10.6.